The van der Waals surface area contributed by atoms with E-state index in [1.165, 1.54) is 18.4 Å². The molecule has 0 radical (unpaired) electrons. The van der Waals surface area contributed by atoms with E-state index >= 15 is 0 Å². The summed E-state index contributed by atoms with van der Waals surface area (Å²) >= 11 is 0. The fourth-order valence-corrected chi connectivity index (χ4v) is 3.53. The molecule has 0 saturated heterocycles. The SMILES string of the molecule is CNCc1ccc(NS(=O)(=O)c2ccc(F)cc2)c(-c2ccco2)c1. The highest BCUT2D eigenvalue weighted by molar-refractivity contribution is 7.92. The highest BCUT2D eigenvalue weighted by atomic mass is 32.2. The van der Waals surface area contributed by atoms with Crippen LogP contribution in [0.2, 0.25) is 0 Å². The first-order chi connectivity index (χ1) is 12.0. The molecule has 5 nitrogen and oxygen atoms in total. The monoisotopic (exact) mass is 360 g/mol. The molecule has 0 bridgehead atoms. The topological polar surface area (TPSA) is 71.3 Å². The van der Waals surface area contributed by atoms with Gasteiger partial charge in [-0.3, -0.25) is 4.72 Å². The molecule has 3 rings (SSSR count). The molecule has 2 N–H and O–H groups in total. The molecule has 1 heterocycles. The van der Waals surface area contributed by atoms with Crippen molar-refractivity contribution in [3.05, 3.63) is 72.2 Å². The van der Waals surface area contributed by atoms with Crippen LogP contribution in [0.5, 0.6) is 0 Å². The second-order valence-electron chi connectivity index (χ2n) is 5.45. The van der Waals surface area contributed by atoms with Crippen LogP contribution < -0.4 is 10.0 Å². The van der Waals surface area contributed by atoms with Crippen molar-refractivity contribution in [2.45, 2.75) is 11.4 Å². The number of hydrogen-bond acceptors (Lipinski definition) is 4. The Labute approximate surface area is 145 Å². The molecular weight excluding hydrogens is 343 g/mol. The minimum absolute atomic E-state index is 0.0152. The Morgan fingerprint density at radius 1 is 1.08 bits per heavy atom. The van der Waals surface area contributed by atoms with Crippen molar-refractivity contribution >= 4 is 15.7 Å². The normalized spacial score (nSPS) is 11.4. The van der Waals surface area contributed by atoms with Crippen LogP contribution in [0.4, 0.5) is 10.1 Å². The van der Waals surface area contributed by atoms with Crippen molar-refractivity contribution in [2.75, 3.05) is 11.8 Å². The first kappa shape index (κ1) is 17.2. The van der Waals surface area contributed by atoms with Crippen molar-refractivity contribution in [1.82, 2.24) is 5.32 Å². The second kappa shape index (κ2) is 7.08. The first-order valence-corrected chi connectivity index (χ1v) is 9.08. The van der Waals surface area contributed by atoms with E-state index in [0.29, 0.717) is 23.6 Å². The summed E-state index contributed by atoms with van der Waals surface area (Å²) in [6.07, 6.45) is 1.53. The van der Waals surface area contributed by atoms with Crippen LogP contribution in [-0.4, -0.2) is 15.5 Å². The van der Waals surface area contributed by atoms with Crippen LogP contribution in [-0.2, 0) is 16.6 Å². The minimum Gasteiger partial charge on any atom is -0.464 e. The van der Waals surface area contributed by atoms with E-state index in [1.807, 2.05) is 19.2 Å². The van der Waals surface area contributed by atoms with E-state index < -0.39 is 15.8 Å². The van der Waals surface area contributed by atoms with Crippen LogP contribution in [0.3, 0.4) is 0 Å². The average molecular weight is 360 g/mol. The fraction of sp³-hybridized carbons (Fsp3) is 0.111. The molecule has 0 amide bonds. The van der Waals surface area contributed by atoms with Gasteiger partial charge in [0.1, 0.15) is 11.6 Å². The third-order valence-corrected chi connectivity index (χ3v) is 5.00. The van der Waals surface area contributed by atoms with Gasteiger partial charge >= 0.3 is 0 Å². The molecule has 25 heavy (non-hydrogen) atoms. The molecule has 3 aromatic rings. The summed E-state index contributed by atoms with van der Waals surface area (Å²) in [5.74, 6) is 0.0569. The van der Waals surface area contributed by atoms with E-state index in [4.69, 9.17) is 4.42 Å². The van der Waals surface area contributed by atoms with E-state index in [-0.39, 0.29) is 4.90 Å². The van der Waals surface area contributed by atoms with Gasteiger partial charge in [-0.25, -0.2) is 12.8 Å². The molecular formula is C18H17FN2O3S. The van der Waals surface area contributed by atoms with Gasteiger partial charge < -0.3 is 9.73 Å². The van der Waals surface area contributed by atoms with Crippen molar-refractivity contribution < 1.29 is 17.2 Å². The number of anilines is 1. The molecule has 0 fully saturated rings. The van der Waals surface area contributed by atoms with Gasteiger partial charge in [0, 0.05) is 12.1 Å². The summed E-state index contributed by atoms with van der Waals surface area (Å²) in [6.45, 7) is 0.638. The quantitative estimate of drug-likeness (QED) is 0.704. The number of nitrogens with one attached hydrogen (secondary N) is 2. The van der Waals surface area contributed by atoms with Crippen molar-refractivity contribution in [3.8, 4) is 11.3 Å². The van der Waals surface area contributed by atoms with E-state index in [2.05, 4.69) is 10.0 Å². The van der Waals surface area contributed by atoms with E-state index in [9.17, 15) is 12.8 Å². The number of hydrogen-bond donors (Lipinski definition) is 2. The third kappa shape index (κ3) is 3.89. The number of sulfonamides is 1. The molecule has 0 atom stereocenters. The number of benzene rings is 2. The fourth-order valence-electron chi connectivity index (χ4n) is 2.45. The Hall–Kier alpha value is -2.64. The summed E-state index contributed by atoms with van der Waals surface area (Å²) in [7, 11) is -2.01. The molecule has 0 aliphatic carbocycles. The molecule has 0 unspecified atom stereocenters. The number of halogens is 1. The van der Waals surface area contributed by atoms with Crippen molar-refractivity contribution in [3.63, 3.8) is 0 Å². The van der Waals surface area contributed by atoms with Crippen LogP contribution in [0.15, 0.2) is 70.2 Å². The Kier molecular flexibility index (Phi) is 4.87. The third-order valence-electron chi connectivity index (χ3n) is 3.62. The molecule has 0 spiro atoms. The molecule has 7 heteroatoms. The average Bonchev–Trinajstić information content (AvgIpc) is 3.11. The summed E-state index contributed by atoms with van der Waals surface area (Å²) < 4.78 is 46.1. The summed E-state index contributed by atoms with van der Waals surface area (Å²) in [5.41, 5.74) is 2.00. The number of rotatable bonds is 6. The van der Waals surface area contributed by atoms with Gasteiger partial charge in [0.25, 0.3) is 10.0 Å². The maximum atomic E-state index is 13.0. The Morgan fingerprint density at radius 2 is 1.84 bits per heavy atom. The lowest BCUT2D eigenvalue weighted by Gasteiger charge is -2.13. The zero-order chi connectivity index (χ0) is 17.9. The molecule has 2 aromatic carbocycles. The van der Waals surface area contributed by atoms with Gasteiger partial charge in [-0.05, 0) is 61.1 Å². The lowest BCUT2D eigenvalue weighted by Crippen LogP contribution is -2.14. The Balaban J connectivity index is 2.00. The van der Waals surface area contributed by atoms with Crippen molar-refractivity contribution in [2.24, 2.45) is 0 Å². The summed E-state index contributed by atoms with van der Waals surface area (Å²) in [6, 6.07) is 13.5. The molecule has 0 aliphatic heterocycles. The highest BCUT2D eigenvalue weighted by Crippen LogP contribution is 2.31. The number of furan rings is 1. The molecule has 0 aliphatic rings. The zero-order valence-corrected chi connectivity index (χ0v) is 14.3. The van der Waals surface area contributed by atoms with E-state index in [1.54, 1.807) is 18.2 Å². The van der Waals surface area contributed by atoms with Crippen molar-refractivity contribution in [1.29, 1.82) is 0 Å². The van der Waals surface area contributed by atoms with Gasteiger partial charge in [0.2, 0.25) is 0 Å². The maximum Gasteiger partial charge on any atom is 0.261 e. The Bertz CT molecular complexity index is 952. The molecule has 0 saturated carbocycles. The smallest absolute Gasteiger partial charge is 0.261 e. The summed E-state index contributed by atoms with van der Waals surface area (Å²) in [5, 5.41) is 3.05. The van der Waals surface area contributed by atoms with Gasteiger partial charge in [0.15, 0.2) is 0 Å². The van der Waals surface area contributed by atoms with Crippen LogP contribution in [0.1, 0.15) is 5.56 Å². The van der Waals surface area contributed by atoms with Gasteiger partial charge in [-0.15, -0.1) is 0 Å². The van der Waals surface area contributed by atoms with Gasteiger partial charge in [-0.1, -0.05) is 6.07 Å². The van der Waals surface area contributed by atoms with Crippen LogP contribution in [0, 0.1) is 5.82 Å². The van der Waals surface area contributed by atoms with Gasteiger partial charge in [0.05, 0.1) is 16.8 Å². The predicted molar refractivity (Wildman–Crippen MR) is 94.1 cm³/mol. The summed E-state index contributed by atoms with van der Waals surface area (Å²) in [4.78, 5) is -0.0152. The first-order valence-electron chi connectivity index (χ1n) is 7.59. The zero-order valence-electron chi connectivity index (χ0n) is 13.5. The largest absolute Gasteiger partial charge is 0.464 e. The molecule has 130 valence electrons. The van der Waals surface area contributed by atoms with E-state index in [0.717, 1.165) is 17.7 Å². The minimum atomic E-state index is -3.84. The van der Waals surface area contributed by atoms with Gasteiger partial charge in [-0.2, -0.15) is 0 Å². The second-order valence-corrected chi connectivity index (χ2v) is 7.13. The maximum absolute atomic E-state index is 13.0. The van der Waals surface area contributed by atoms with Crippen LogP contribution >= 0.6 is 0 Å². The highest BCUT2D eigenvalue weighted by Gasteiger charge is 2.18. The lowest BCUT2D eigenvalue weighted by atomic mass is 10.1. The predicted octanol–water partition coefficient (Wildman–Crippen LogP) is 3.61. The lowest BCUT2D eigenvalue weighted by molar-refractivity contribution is 0.582. The van der Waals surface area contributed by atoms with Crippen LogP contribution in [0.25, 0.3) is 11.3 Å². The Morgan fingerprint density at radius 3 is 2.48 bits per heavy atom. The molecule has 1 aromatic heterocycles. The standard InChI is InChI=1S/C18H17FN2O3S/c1-20-12-13-4-9-17(16(11-13)18-3-2-10-24-18)21-25(22,23)15-7-5-14(19)6-8-15/h2-11,20-21H,12H2,1H3.